The molecule has 0 radical (unpaired) electrons. The van der Waals surface area contributed by atoms with Gasteiger partial charge in [-0.3, -0.25) is 14.8 Å². The van der Waals surface area contributed by atoms with E-state index in [2.05, 4.69) is 11.6 Å². The molecule has 0 saturated carbocycles. The van der Waals surface area contributed by atoms with Crippen molar-refractivity contribution in [3.63, 3.8) is 0 Å². The molecule has 8 heteroatoms. The Labute approximate surface area is 172 Å². The minimum absolute atomic E-state index is 0.0652. The zero-order chi connectivity index (χ0) is 21.3. The Balaban J connectivity index is 2.14. The van der Waals surface area contributed by atoms with Crippen LogP contribution in [0.1, 0.15) is 51.5 Å². The Kier molecular flexibility index (Phi) is 8.45. The molecule has 2 aromatic rings. The lowest BCUT2D eigenvalue weighted by Gasteiger charge is -2.11. The maximum atomic E-state index is 12.7. The van der Waals surface area contributed by atoms with E-state index in [1.54, 1.807) is 12.1 Å². The molecule has 0 spiro atoms. The van der Waals surface area contributed by atoms with Crippen LogP contribution >= 0.6 is 0 Å². The number of unbranched alkanes of at least 4 members (excludes halogenated alkanes) is 3. The van der Waals surface area contributed by atoms with Gasteiger partial charge >= 0.3 is 0 Å². The smallest absolute Gasteiger partial charge is 0.297 e. The summed E-state index contributed by atoms with van der Waals surface area (Å²) in [6, 6.07) is 10.7. The molecular formula is C21H28N2O5S. The number of sulfonamides is 1. The molecular weight excluding hydrogens is 392 g/mol. The molecule has 0 atom stereocenters. The molecule has 0 bridgehead atoms. The van der Waals surface area contributed by atoms with E-state index in [1.165, 1.54) is 43.2 Å². The first-order valence-electron chi connectivity index (χ1n) is 9.90. The van der Waals surface area contributed by atoms with E-state index in [4.69, 9.17) is 4.74 Å². The van der Waals surface area contributed by atoms with Gasteiger partial charge in [-0.25, -0.2) is 8.42 Å². The molecule has 0 aromatic heterocycles. The summed E-state index contributed by atoms with van der Waals surface area (Å²) in [4.78, 5) is 10.8. The molecule has 0 saturated heterocycles. The summed E-state index contributed by atoms with van der Waals surface area (Å²) in [6.07, 6.45) is 6.24. The molecule has 0 aliphatic heterocycles. The van der Waals surface area contributed by atoms with Crippen LogP contribution < -0.4 is 9.46 Å². The van der Waals surface area contributed by atoms with Crippen LogP contribution in [-0.4, -0.2) is 19.9 Å². The average Bonchev–Trinajstić information content (AvgIpc) is 2.70. The van der Waals surface area contributed by atoms with Crippen molar-refractivity contribution in [1.29, 1.82) is 0 Å². The summed E-state index contributed by atoms with van der Waals surface area (Å²) in [7, 11) is -3.94. The van der Waals surface area contributed by atoms with Crippen LogP contribution in [0.4, 0.5) is 11.4 Å². The molecule has 2 rings (SSSR count). The Morgan fingerprint density at radius 1 is 1.00 bits per heavy atom. The quantitative estimate of drug-likeness (QED) is 0.285. The van der Waals surface area contributed by atoms with E-state index in [0.717, 1.165) is 31.2 Å². The predicted octanol–water partition coefficient (Wildman–Crippen LogP) is 5.31. The molecule has 0 fully saturated rings. The number of rotatable bonds is 12. The van der Waals surface area contributed by atoms with Crippen LogP contribution in [0.25, 0.3) is 0 Å². The van der Waals surface area contributed by atoms with Crippen LogP contribution in [0.2, 0.25) is 0 Å². The molecule has 0 amide bonds. The first-order valence-corrected chi connectivity index (χ1v) is 11.4. The standard InChI is InChI=1S/C21H28N2O5S/c1-3-5-6-7-8-17-9-12-19(13-10-17)29(26,27)22-20-14-11-18(28-15-4-2)16-21(20)23(24)25/h9-14,16,22H,3-8,15H2,1-2H3. The van der Waals surface area contributed by atoms with Crippen molar-refractivity contribution in [1.82, 2.24) is 0 Å². The number of hydrogen-bond donors (Lipinski definition) is 1. The van der Waals surface area contributed by atoms with Gasteiger partial charge in [0.2, 0.25) is 0 Å². The van der Waals surface area contributed by atoms with Crippen LogP contribution in [0, 0.1) is 10.1 Å². The van der Waals surface area contributed by atoms with Gasteiger partial charge in [-0.2, -0.15) is 0 Å². The molecule has 7 nitrogen and oxygen atoms in total. The molecule has 0 heterocycles. The number of benzene rings is 2. The van der Waals surface area contributed by atoms with Gasteiger partial charge in [0.25, 0.3) is 15.7 Å². The van der Waals surface area contributed by atoms with Gasteiger partial charge in [0, 0.05) is 0 Å². The minimum atomic E-state index is -3.94. The van der Waals surface area contributed by atoms with E-state index >= 15 is 0 Å². The van der Waals surface area contributed by atoms with E-state index in [9.17, 15) is 18.5 Å². The zero-order valence-electron chi connectivity index (χ0n) is 16.9. The van der Waals surface area contributed by atoms with E-state index < -0.39 is 14.9 Å². The highest BCUT2D eigenvalue weighted by molar-refractivity contribution is 7.92. The first kappa shape index (κ1) is 22.7. The number of hydrogen-bond acceptors (Lipinski definition) is 5. The third-order valence-corrected chi connectivity index (χ3v) is 5.82. The lowest BCUT2D eigenvalue weighted by Crippen LogP contribution is -2.14. The SMILES string of the molecule is CCCCCCc1ccc(S(=O)(=O)Nc2ccc(OCCC)cc2[N+](=O)[O-])cc1. The lowest BCUT2D eigenvalue weighted by atomic mass is 10.1. The van der Waals surface area contributed by atoms with Gasteiger partial charge in [-0.1, -0.05) is 45.2 Å². The molecule has 158 valence electrons. The van der Waals surface area contributed by atoms with Crippen LogP contribution in [0.15, 0.2) is 47.4 Å². The van der Waals surface area contributed by atoms with Crippen LogP contribution in [0.5, 0.6) is 5.75 Å². The number of nitrogens with one attached hydrogen (secondary N) is 1. The molecule has 0 aliphatic rings. The Hall–Kier alpha value is -2.61. The molecule has 29 heavy (non-hydrogen) atoms. The number of ether oxygens (including phenoxy) is 1. The van der Waals surface area contributed by atoms with Crippen molar-refractivity contribution in [2.75, 3.05) is 11.3 Å². The van der Waals surface area contributed by atoms with Gasteiger partial charge in [-0.15, -0.1) is 0 Å². The van der Waals surface area contributed by atoms with E-state index in [0.29, 0.717) is 12.4 Å². The number of aryl methyl sites for hydroxylation is 1. The highest BCUT2D eigenvalue weighted by Crippen LogP contribution is 2.31. The maximum Gasteiger partial charge on any atom is 0.297 e. The summed E-state index contributed by atoms with van der Waals surface area (Å²) in [5.74, 6) is 0.328. The van der Waals surface area contributed by atoms with Crippen molar-refractivity contribution in [2.24, 2.45) is 0 Å². The predicted molar refractivity (Wildman–Crippen MR) is 114 cm³/mol. The van der Waals surface area contributed by atoms with Crippen molar-refractivity contribution in [3.8, 4) is 5.75 Å². The topological polar surface area (TPSA) is 98.5 Å². The summed E-state index contributed by atoms with van der Waals surface area (Å²) in [5, 5.41) is 11.4. The second-order valence-corrected chi connectivity index (χ2v) is 8.53. The zero-order valence-corrected chi connectivity index (χ0v) is 17.7. The Bertz CT molecular complexity index is 911. The third-order valence-electron chi connectivity index (χ3n) is 4.44. The second-order valence-electron chi connectivity index (χ2n) is 6.84. The fraction of sp³-hybridized carbons (Fsp3) is 0.429. The monoisotopic (exact) mass is 420 g/mol. The van der Waals surface area contributed by atoms with Gasteiger partial charge < -0.3 is 4.74 Å². The Morgan fingerprint density at radius 3 is 2.34 bits per heavy atom. The van der Waals surface area contributed by atoms with Crippen LogP contribution in [0.3, 0.4) is 0 Å². The van der Waals surface area contributed by atoms with Crippen molar-refractivity contribution >= 4 is 21.4 Å². The van der Waals surface area contributed by atoms with Crippen molar-refractivity contribution < 1.29 is 18.1 Å². The first-order chi connectivity index (χ1) is 13.9. The summed E-state index contributed by atoms with van der Waals surface area (Å²) in [6.45, 7) is 4.50. The number of nitro benzene ring substituents is 1. The van der Waals surface area contributed by atoms with Gasteiger partial charge in [0.15, 0.2) is 0 Å². The second kappa shape index (κ2) is 10.8. The largest absolute Gasteiger partial charge is 0.493 e. The van der Waals surface area contributed by atoms with Gasteiger partial charge in [-0.05, 0) is 49.1 Å². The third kappa shape index (κ3) is 6.74. The number of nitrogens with zero attached hydrogens (tertiary/aromatic N) is 1. The fourth-order valence-corrected chi connectivity index (χ4v) is 3.93. The highest BCUT2D eigenvalue weighted by atomic mass is 32.2. The highest BCUT2D eigenvalue weighted by Gasteiger charge is 2.21. The molecule has 2 aromatic carbocycles. The summed E-state index contributed by atoms with van der Waals surface area (Å²) < 4.78 is 33.1. The van der Waals surface area contributed by atoms with Crippen molar-refractivity contribution in [3.05, 3.63) is 58.1 Å². The van der Waals surface area contributed by atoms with Gasteiger partial charge in [0.1, 0.15) is 11.4 Å². The normalized spacial score (nSPS) is 11.2. The fourth-order valence-electron chi connectivity index (χ4n) is 2.85. The van der Waals surface area contributed by atoms with Crippen LogP contribution in [-0.2, 0) is 16.4 Å². The summed E-state index contributed by atoms with van der Waals surface area (Å²) >= 11 is 0. The number of nitro groups is 1. The summed E-state index contributed by atoms with van der Waals surface area (Å²) in [5.41, 5.74) is 0.626. The Morgan fingerprint density at radius 2 is 1.72 bits per heavy atom. The molecule has 1 N–H and O–H groups in total. The minimum Gasteiger partial charge on any atom is -0.493 e. The lowest BCUT2D eigenvalue weighted by molar-refractivity contribution is -0.384. The molecule has 0 unspecified atom stereocenters. The molecule has 0 aliphatic carbocycles. The van der Waals surface area contributed by atoms with Gasteiger partial charge in [0.05, 0.1) is 22.5 Å². The number of anilines is 1. The average molecular weight is 421 g/mol. The van der Waals surface area contributed by atoms with E-state index in [-0.39, 0.29) is 16.3 Å². The maximum absolute atomic E-state index is 12.7. The van der Waals surface area contributed by atoms with E-state index in [1.807, 2.05) is 6.92 Å². The van der Waals surface area contributed by atoms with Crippen molar-refractivity contribution in [2.45, 2.75) is 57.3 Å².